The van der Waals surface area contributed by atoms with Gasteiger partial charge in [0.2, 0.25) is 5.91 Å². The first-order chi connectivity index (χ1) is 13.8. The van der Waals surface area contributed by atoms with Crippen LogP contribution in [-0.2, 0) is 4.79 Å². The maximum atomic E-state index is 12.3. The zero-order valence-electron chi connectivity index (χ0n) is 18.1. The lowest BCUT2D eigenvalue weighted by Crippen LogP contribution is -2.61. The van der Waals surface area contributed by atoms with Gasteiger partial charge in [-0.2, -0.15) is 0 Å². The first kappa shape index (κ1) is 19.7. The molecule has 0 N–H and O–H groups in total. The molecule has 0 radical (unpaired) electrons. The Morgan fingerprint density at radius 2 is 1.76 bits per heavy atom. The third-order valence-electron chi connectivity index (χ3n) is 9.62. The first-order valence-corrected chi connectivity index (χ1v) is 11.9. The van der Waals surface area contributed by atoms with E-state index >= 15 is 0 Å². The van der Waals surface area contributed by atoms with Crippen molar-refractivity contribution in [3.05, 3.63) is 40.4 Å². The number of hydrogen-bond acceptors (Lipinski definition) is 1. The predicted molar refractivity (Wildman–Crippen MR) is 120 cm³/mol. The van der Waals surface area contributed by atoms with Crippen LogP contribution in [0.25, 0.3) is 6.08 Å². The molecule has 5 rings (SSSR count). The van der Waals surface area contributed by atoms with E-state index in [-0.39, 0.29) is 0 Å². The quantitative estimate of drug-likeness (QED) is 0.510. The number of piperidine rings is 1. The molecule has 0 bridgehead atoms. The Labute approximate surface area is 180 Å². The van der Waals surface area contributed by atoms with Gasteiger partial charge >= 0.3 is 0 Å². The minimum atomic E-state index is 0.315. The molecular weight excluding hydrogens is 378 g/mol. The second-order valence-corrected chi connectivity index (χ2v) is 11.1. The Bertz CT molecular complexity index is 845. The van der Waals surface area contributed by atoms with Gasteiger partial charge in [-0.05, 0) is 91.2 Å². The SMILES string of the molecule is CN1C(=O)CC[C@]2(C)[C@H]3CC[C@]4(C)/C(=C/c5ccc(Cl)cc5)CC[C@H]4[C@@H]3CC[C@@H]12. The van der Waals surface area contributed by atoms with E-state index in [4.69, 9.17) is 11.6 Å². The molecule has 6 atom stereocenters. The molecule has 0 aromatic heterocycles. The number of carbonyl (C=O) groups is 1. The Hall–Kier alpha value is -1.28. The molecular formula is C26H34ClNO. The van der Waals surface area contributed by atoms with Gasteiger partial charge in [-0.3, -0.25) is 4.79 Å². The highest BCUT2D eigenvalue weighted by atomic mass is 35.5. The smallest absolute Gasteiger partial charge is 0.222 e. The van der Waals surface area contributed by atoms with Gasteiger partial charge in [-0.1, -0.05) is 49.2 Å². The number of hydrogen-bond donors (Lipinski definition) is 0. The van der Waals surface area contributed by atoms with Crippen molar-refractivity contribution in [1.82, 2.24) is 4.90 Å². The zero-order valence-corrected chi connectivity index (χ0v) is 18.8. The standard InChI is InChI=1S/C26H34ClNO/c1-25-14-12-22-20(9-11-23-26(22,2)15-13-24(29)28(23)3)21(25)10-6-18(25)16-17-4-7-19(27)8-5-17/h4-5,7-8,16,20-23H,6,9-15H2,1-3H3/b18-16+/t20-,21-,22-,23+,25+,26+/m0/s1. The molecule has 29 heavy (non-hydrogen) atoms. The van der Waals surface area contributed by atoms with Crippen LogP contribution in [0.5, 0.6) is 0 Å². The van der Waals surface area contributed by atoms with Crippen LogP contribution in [0.2, 0.25) is 5.02 Å². The van der Waals surface area contributed by atoms with Crippen molar-refractivity contribution < 1.29 is 4.79 Å². The summed E-state index contributed by atoms with van der Waals surface area (Å²) in [6.07, 6.45) is 12.0. The number of allylic oxidation sites excluding steroid dienone is 1. The molecule has 1 amide bonds. The Morgan fingerprint density at radius 3 is 2.52 bits per heavy atom. The van der Waals surface area contributed by atoms with Gasteiger partial charge in [0.25, 0.3) is 0 Å². The van der Waals surface area contributed by atoms with E-state index in [1.807, 2.05) is 12.1 Å². The summed E-state index contributed by atoms with van der Waals surface area (Å²) < 4.78 is 0. The molecule has 3 aliphatic carbocycles. The topological polar surface area (TPSA) is 20.3 Å². The number of halogens is 1. The summed E-state index contributed by atoms with van der Waals surface area (Å²) in [5.74, 6) is 2.78. The lowest BCUT2D eigenvalue weighted by molar-refractivity contribution is -0.156. The Kier molecular flexibility index (Phi) is 4.66. The fourth-order valence-electron chi connectivity index (χ4n) is 8.00. The summed E-state index contributed by atoms with van der Waals surface area (Å²) in [5.41, 5.74) is 3.61. The average molecular weight is 412 g/mol. The van der Waals surface area contributed by atoms with Gasteiger partial charge in [0, 0.05) is 24.5 Å². The highest BCUT2D eigenvalue weighted by molar-refractivity contribution is 6.30. The van der Waals surface area contributed by atoms with Crippen LogP contribution in [0.3, 0.4) is 0 Å². The molecule has 1 aromatic rings. The molecule has 3 heteroatoms. The van der Waals surface area contributed by atoms with E-state index in [2.05, 4.69) is 44.0 Å². The summed E-state index contributed by atoms with van der Waals surface area (Å²) in [4.78, 5) is 14.4. The van der Waals surface area contributed by atoms with Crippen molar-refractivity contribution in [2.75, 3.05) is 7.05 Å². The van der Waals surface area contributed by atoms with Crippen molar-refractivity contribution >= 4 is 23.6 Å². The number of fused-ring (bicyclic) bond motifs is 5. The van der Waals surface area contributed by atoms with Crippen LogP contribution < -0.4 is 0 Å². The van der Waals surface area contributed by atoms with E-state index in [1.165, 1.54) is 44.1 Å². The Morgan fingerprint density at radius 1 is 1.00 bits per heavy atom. The number of benzene rings is 1. The van der Waals surface area contributed by atoms with E-state index in [9.17, 15) is 4.79 Å². The fraction of sp³-hybridized carbons (Fsp3) is 0.654. The van der Waals surface area contributed by atoms with Gasteiger partial charge in [0.05, 0.1) is 0 Å². The molecule has 0 spiro atoms. The minimum Gasteiger partial charge on any atom is -0.342 e. The maximum Gasteiger partial charge on any atom is 0.222 e. The predicted octanol–water partition coefficient (Wildman–Crippen LogP) is 6.59. The van der Waals surface area contributed by atoms with Crippen molar-refractivity contribution in [3.8, 4) is 0 Å². The van der Waals surface area contributed by atoms with Gasteiger partial charge in [0.1, 0.15) is 0 Å². The molecule has 4 fully saturated rings. The van der Waals surface area contributed by atoms with Gasteiger partial charge in [0.15, 0.2) is 0 Å². The molecule has 4 aliphatic rings. The highest BCUT2D eigenvalue weighted by Gasteiger charge is 2.59. The molecule has 1 aromatic carbocycles. The normalized spacial score (nSPS) is 43.1. The van der Waals surface area contributed by atoms with Crippen molar-refractivity contribution in [2.45, 2.75) is 71.3 Å². The average Bonchev–Trinajstić information content (AvgIpc) is 3.03. The lowest BCUT2D eigenvalue weighted by Gasteiger charge is -2.61. The number of amides is 1. The van der Waals surface area contributed by atoms with Crippen molar-refractivity contribution in [2.24, 2.45) is 28.6 Å². The number of nitrogens with zero attached hydrogens (tertiary/aromatic N) is 1. The van der Waals surface area contributed by atoms with Gasteiger partial charge in [-0.15, -0.1) is 0 Å². The second kappa shape index (κ2) is 6.87. The highest BCUT2D eigenvalue weighted by Crippen LogP contribution is 2.66. The van der Waals surface area contributed by atoms with Crippen LogP contribution in [-0.4, -0.2) is 23.9 Å². The summed E-state index contributed by atoms with van der Waals surface area (Å²) in [6, 6.07) is 8.77. The molecule has 3 saturated carbocycles. The third kappa shape index (κ3) is 2.92. The van der Waals surface area contributed by atoms with Gasteiger partial charge in [-0.25, -0.2) is 0 Å². The molecule has 2 nitrogen and oxygen atoms in total. The third-order valence-corrected chi connectivity index (χ3v) is 9.87. The number of likely N-dealkylation sites (tertiary alicyclic amines) is 1. The Balaban J connectivity index is 1.43. The van der Waals surface area contributed by atoms with Crippen LogP contribution >= 0.6 is 11.6 Å². The van der Waals surface area contributed by atoms with Crippen LogP contribution in [0.4, 0.5) is 0 Å². The molecule has 1 saturated heterocycles. The fourth-order valence-corrected chi connectivity index (χ4v) is 8.12. The van der Waals surface area contributed by atoms with E-state index < -0.39 is 0 Å². The van der Waals surface area contributed by atoms with Gasteiger partial charge < -0.3 is 4.90 Å². The van der Waals surface area contributed by atoms with E-state index in [0.717, 1.165) is 35.6 Å². The summed E-state index contributed by atoms with van der Waals surface area (Å²) in [7, 11) is 2.06. The van der Waals surface area contributed by atoms with E-state index in [0.29, 0.717) is 22.8 Å². The first-order valence-electron chi connectivity index (χ1n) is 11.6. The number of carbonyl (C=O) groups excluding carboxylic acids is 1. The second-order valence-electron chi connectivity index (χ2n) is 10.7. The summed E-state index contributed by atoms with van der Waals surface area (Å²) in [5, 5.41) is 0.809. The van der Waals surface area contributed by atoms with E-state index in [1.54, 1.807) is 5.57 Å². The zero-order chi connectivity index (χ0) is 20.4. The van der Waals surface area contributed by atoms with Crippen LogP contribution in [0.15, 0.2) is 29.8 Å². The van der Waals surface area contributed by atoms with Crippen LogP contribution in [0.1, 0.15) is 70.8 Å². The monoisotopic (exact) mass is 411 g/mol. The molecule has 156 valence electrons. The van der Waals surface area contributed by atoms with Crippen LogP contribution in [0, 0.1) is 28.6 Å². The summed E-state index contributed by atoms with van der Waals surface area (Å²) in [6.45, 7) is 5.06. The molecule has 1 aliphatic heterocycles. The van der Waals surface area contributed by atoms with Crippen molar-refractivity contribution in [1.29, 1.82) is 0 Å². The minimum absolute atomic E-state index is 0.315. The molecule has 1 heterocycles. The lowest BCUT2D eigenvalue weighted by atomic mass is 9.47. The summed E-state index contributed by atoms with van der Waals surface area (Å²) >= 11 is 6.09. The van der Waals surface area contributed by atoms with Crippen molar-refractivity contribution in [3.63, 3.8) is 0 Å². The molecule has 0 unspecified atom stereocenters. The number of rotatable bonds is 1. The largest absolute Gasteiger partial charge is 0.342 e. The maximum absolute atomic E-state index is 12.3.